The van der Waals surface area contributed by atoms with Crippen LogP contribution in [0.25, 0.3) is 11.1 Å². The maximum Gasteiger partial charge on any atom is 0.147 e. The van der Waals surface area contributed by atoms with Crippen LogP contribution in [0.3, 0.4) is 0 Å². The molecule has 0 amide bonds. The maximum atomic E-state index is 12.8. The fraction of sp³-hybridized carbons (Fsp3) is 0.348. The molecule has 0 spiro atoms. The molecule has 0 heterocycles. The molecule has 1 nitrogen and oxygen atoms in total. The smallest absolute Gasteiger partial charge is 0.147 e. The molecule has 1 aliphatic carbocycles. The Morgan fingerprint density at radius 1 is 0.917 bits per heavy atom. The fourth-order valence-electron chi connectivity index (χ4n) is 3.48. The van der Waals surface area contributed by atoms with Crippen molar-refractivity contribution in [3.63, 3.8) is 0 Å². The van der Waals surface area contributed by atoms with Crippen molar-refractivity contribution in [2.75, 3.05) is 0 Å². The van der Waals surface area contributed by atoms with Gasteiger partial charge in [0, 0.05) is 6.42 Å². The SMILES string of the molecule is C=CCC1(C(=O)CC)c2ccccc2-c2ccccc21.CCCC. The summed E-state index contributed by atoms with van der Waals surface area (Å²) < 4.78 is 0. The summed E-state index contributed by atoms with van der Waals surface area (Å²) in [5, 5.41) is 0. The molecular weight excluding hydrogens is 292 g/mol. The van der Waals surface area contributed by atoms with Gasteiger partial charge in [-0.1, -0.05) is 88.2 Å². The summed E-state index contributed by atoms with van der Waals surface area (Å²) in [6.45, 7) is 10.2. The Balaban J connectivity index is 0.000000471. The molecule has 0 unspecified atom stereocenters. The molecule has 0 N–H and O–H groups in total. The normalized spacial score (nSPS) is 13.3. The number of ketones is 1. The summed E-state index contributed by atoms with van der Waals surface area (Å²) >= 11 is 0. The predicted octanol–water partition coefficient (Wildman–Crippen LogP) is 6.31. The lowest BCUT2D eigenvalue weighted by Crippen LogP contribution is -2.34. The molecule has 24 heavy (non-hydrogen) atoms. The van der Waals surface area contributed by atoms with Crippen LogP contribution in [0.1, 0.15) is 57.6 Å². The van der Waals surface area contributed by atoms with Gasteiger partial charge in [-0.15, -0.1) is 6.58 Å². The van der Waals surface area contributed by atoms with Crippen LogP contribution in [0.15, 0.2) is 61.2 Å². The van der Waals surface area contributed by atoms with E-state index in [9.17, 15) is 4.79 Å². The van der Waals surface area contributed by atoms with Gasteiger partial charge in [-0.3, -0.25) is 4.79 Å². The number of benzene rings is 2. The summed E-state index contributed by atoms with van der Waals surface area (Å²) in [4.78, 5) is 12.8. The molecule has 2 aromatic carbocycles. The summed E-state index contributed by atoms with van der Waals surface area (Å²) in [5.41, 5.74) is 4.10. The van der Waals surface area contributed by atoms with Crippen molar-refractivity contribution < 1.29 is 4.79 Å². The second-order valence-electron chi connectivity index (χ2n) is 6.27. The number of hydrogen-bond acceptors (Lipinski definition) is 1. The highest BCUT2D eigenvalue weighted by molar-refractivity contribution is 6.01. The lowest BCUT2D eigenvalue weighted by molar-refractivity contribution is -0.122. The average Bonchev–Trinajstić information content (AvgIpc) is 2.93. The van der Waals surface area contributed by atoms with Crippen molar-refractivity contribution in [2.24, 2.45) is 0 Å². The van der Waals surface area contributed by atoms with E-state index >= 15 is 0 Å². The number of allylic oxidation sites excluding steroid dienone is 1. The van der Waals surface area contributed by atoms with Crippen LogP contribution in [0, 0.1) is 0 Å². The maximum absolute atomic E-state index is 12.8. The quantitative estimate of drug-likeness (QED) is 0.590. The van der Waals surface area contributed by atoms with Crippen LogP contribution in [0.2, 0.25) is 0 Å². The van der Waals surface area contributed by atoms with Crippen LogP contribution in [-0.2, 0) is 10.2 Å². The largest absolute Gasteiger partial charge is 0.298 e. The molecule has 2 aromatic rings. The highest BCUT2D eigenvalue weighted by atomic mass is 16.1. The van der Waals surface area contributed by atoms with E-state index in [2.05, 4.69) is 44.7 Å². The van der Waals surface area contributed by atoms with Gasteiger partial charge in [-0.25, -0.2) is 0 Å². The topological polar surface area (TPSA) is 17.1 Å². The Kier molecular flexibility index (Phi) is 6.14. The molecule has 0 aliphatic heterocycles. The Morgan fingerprint density at radius 2 is 1.38 bits per heavy atom. The van der Waals surface area contributed by atoms with Crippen LogP contribution in [0.4, 0.5) is 0 Å². The average molecular weight is 320 g/mol. The van der Waals surface area contributed by atoms with Crippen molar-refractivity contribution in [3.8, 4) is 11.1 Å². The molecule has 126 valence electrons. The highest BCUT2D eigenvalue weighted by Crippen LogP contribution is 2.51. The first kappa shape index (κ1) is 18.2. The van der Waals surface area contributed by atoms with Crippen molar-refractivity contribution in [3.05, 3.63) is 72.3 Å². The third-order valence-electron chi connectivity index (χ3n) is 4.81. The Morgan fingerprint density at radius 3 is 1.75 bits per heavy atom. The summed E-state index contributed by atoms with van der Waals surface area (Å²) in [6, 6.07) is 16.5. The molecule has 1 heteroatoms. The standard InChI is InChI=1S/C19H18O.C4H10/c1-3-13-19(18(20)4-2)16-11-7-5-9-14(16)15-10-6-8-12-17(15)19;1-3-4-2/h3,5-12H,1,4,13H2,2H3;3-4H2,1-2H3. The molecule has 0 bridgehead atoms. The summed E-state index contributed by atoms with van der Waals surface area (Å²) in [6.07, 6.45) is 5.71. The van der Waals surface area contributed by atoms with Gasteiger partial charge in [0.25, 0.3) is 0 Å². The van der Waals surface area contributed by atoms with Gasteiger partial charge in [-0.05, 0) is 28.7 Å². The zero-order valence-electron chi connectivity index (χ0n) is 15.1. The third-order valence-corrected chi connectivity index (χ3v) is 4.81. The zero-order chi connectivity index (χ0) is 17.6. The number of carbonyl (C=O) groups is 1. The van der Waals surface area contributed by atoms with Gasteiger partial charge in [-0.2, -0.15) is 0 Å². The molecule has 0 saturated heterocycles. The van der Waals surface area contributed by atoms with Crippen molar-refractivity contribution in [1.82, 2.24) is 0 Å². The minimum absolute atomic E-state index is 0.273. The second-order valence-corrected chi connectivity index (χ2v) is 6.27. The van der Waals surface area contributed by atoms with Gasteiger partial charge in [0.2, 0.25) is 0 Å². The van der Waals surface area contributed by atoms with E-state index < -0.39 is 5.41 Å². The first-order valence-electron chi connectivity index (χ1n) is 9.00. The van der Waals surface area contributed by atoms with E-state index in [0.29, 0.717) is 12.8 Å². The van der Waals surface area contributed by atoms with Gasteiger partial charge in [0.1, 0.15) is 5.78 Å². The number of carbonyl (C=O) groups excluding carboxylic acids is 1. The molecule has 0 aromatic heterocycles. The lowest BCUT2D eigenvalue weighted by atomic mass is 9.71. The van der Waals surface area contributed by atoms with Crippen molar-refractivity contribution >= 4 is 5.78 Å². The van der Waals surface area contributed by atoms with Crippen LogP contribution >= 0.6 is 0 Å². The minimum Gasteiger partial charge on any atom is -0.298 e. The summed E-state index contributed by atoms with van der Waals surface area (Å²) in [7, 11) is 0. The Labute approximate surface area is 146 Å². The van der Waals surface area contributed by atoms with E-state index in [4.69, 9.17) is 0 Å². The first-order chi connectivity index (χ1) is 11.7. The molecule has 0 saturated carbocycles. The molecule has 1 aliphatic rings. The molecular formula is C23H28O. The summed E-state index contributed by atoms with van der Waals surface area (Å²) in [5.74, 6) is 0.273. The fourth-order valence-corrected chi connectivity index (χ4v) is 3.48. The first-order valence-corrected chi connectivity index (χ1v) is 9.00. The zero-order valence-corrected chi connectivity index (χ0v) is 15.1. The van der Waals surface area contributed by atoms with Crippen molar-refractivity contribution in [1.29, 1.82) is 0 Å². The second kappa shape index (κ2) is 8.10. The molecule has 3 rings (SSSR count). The lowest BCUT2D eigenvalue weighted by Gasteiger charge is -2.29. The molecule has 0 atom stereocenters. The Bertz CT molecular complexity index is 664. The Hall–Kier alpha value is -2.15. The number of hydrogen-bond donors (Lipinski definition) is 0. The van der Waals surface area contributed by atoms with E-state index in [1.54, 1.807) is 0 Å². The van der Waals surface area contributed by atoms with Gasteiger partial charge < -0.3 is 0 Å². The van der Waals surface area contributed by atoms with Gasteiger partial charge in [0.15, 0.2) is 0 Å². The monoisotopic (exact) mass is 320 g/mol. The molecule has 0 fully saturated rings. The number of Topliss-reactive ketones (excluding diaryl/α,β-unsaturated/α-hetero) is 1. The van der Waals surface area contributed by atoms with E-state index in [1.165, 1.54) is 24.0 Å². The molecule has 0 radical (unpaired) electrons. The van der Waals surface area contributed by atoms with Crippen LogP contribution in [0.5, 0.6) is 0 Å². The minimum atomic E-state index is -0.538. The third kappa shape index (κ3) is 2.96. The number of fused-ring (bicyclic) bond motifs is 3. The van der Waals surface area contributed by atoms with E-state index in [0.717, 1.165) is 11.1 Å². The predicted molar refractivity (Wildman–Crippen MR) is 103 cm³/mol. The van der Waals surface area contributed by atoms with Gasteiger partial charge in [0.05, 0.1) is 5.41 Å². The number of rotatable bonds is 5. The highest BCUT2D eigenvalue weighted by Gasteiger charge is 2.46. The van der Waals surface area contributed by atoms with Crippen LogP contribution < -0.4 is 0 Å². The van der Waals surface area contributed by atoms with Crippen LogP contribution in [-0.4, -0.2) is 5.78 Å². The van der Waals surface area contributed by atoms with E-state index in [1.807, 2.05) is 37.3 Å². The van der Waals surface area contributed by atoms with Crippen molar-refractivity contribution in [2.45, 2.75) is 51.9 Å². The van der Waals surface area contributed by atoms with Gasteiger partial charge >= 0.3 is 0 Å². The number of unbranched alkanes of at least 4 members (excludes halogenated alkanes) is 1. The van der Waals surface area contributed by atoms with E-state index in [-0.39, 0.29) is 5.78 Å².